The lowest BCUT2D eigenvalue weighted by Crippen LogP contribution is -2.27. The molecule has 6 nitrogen and oxygen atoms in total. The molecule has 0 aliphatic carbocycles. The van der Waals surface area contributed by atoms with Crippen molar-refractivity contribution in [3.05, 3.63) is 68.7 Å². The minimum absolute atomic E-state index is 0.00730. The van der Waals surface area contributed by atoms with Gasteiger partial charge in [-0.1, -0.05) is 17.7 Å². The van der Waals surface area contributed by atoms with Crippen molar-refractivity contribution >= 4 is 27.3 Å². The molecule has 0 heterocycles. The Hall–Kier alpha value is -2.10. The van der Waals surface area contributed by atoms with Gasteiger partial charge in [0.05, 0.1) is 4.92 Å². The van der Waals surface area contributed by atoms with Gasteiger partial charge >= 0.3 is 0 Å². The Morgan fingerprint density at radius 1 is 1.21 bits per heavy atom. The van der Waals surface area contributed by atoms with Crippen molar-refractivity contribution in [3.63, 3.8) is 0 Å². The molecular weight excluding hydrogens is 366 g/mol. The highest BCUT2D eigenvalue weighted by Crippen LogP contribution is 2.29. The highest BCUT2D eigenvalue weighted by Gasteiger charge is 2.30. The normalized spacial score (nSPS) is 11.7. The summed E-state index contributed by atoms with van der Waals surface area (Å²) in [6.07, 6.45) is 0. The number of benzene rings is 2. The van der Waals surface area contributed by atoms with Gasteiger partial charge in [-0.05, 0) is 18.2 Å². The van der Waals surface area contributed by atoms with Crippen LogP contribution in [0.25, 0.3) is 0 Å². The van der Waals surface area contributed by atoms with Crippen LogP contribution in [0.15, 0.2) is 41.3 Å². The predicted octanol–water partition coefficient (Wildman–Crippen LogP) is 3.35. The molecule has 0 saturated heterocycles. The second kappa shape index (κ2) is 6.80. The van der Waals surface area contributed by atoms with Crippen molar-refractivity contribution in [2.45, 2.75) is 11.4 Å². The maximum absolute atomic E-state index is 13.7. The Balaban J connectivity index is 2.41. The predicted molar refractivity (Wildman–Crippen MR) is 83.1 cm³/mol. The molecule has 0 amide bonds. The molecule has 0 radical (unpaired) electrons. The minimum atomic E-state index is -4.28. The first kappa shape index (κ1) is 18.2. The summed E-state index contributed by atoms with van der Waals surface area (Å²) in [5.74, 6) is -1.71. The van der Waals surface area contributed by atoms with E-state index in [-0.39, 0.29) is 10.6 Å². The zero-order valence-corrected chi connectivity index (χ0v) is 13.8. The lowest BCUT2D eigenvalue weighted by molar-refractivity contribution is -0.387. The fourth-order valence-corrected chi connectivity index (χ4v) is 3.44. The number of halogens is 3. The Labute approximate surface area is 141 Å². The highest BCUT2D eigenvalue weighted by molar-refractivity contribution is 7.89. The summed E-state index contributed by atoms with van der Waals surface area (Å²) in [4.78, 5) is 9.62. The van der Waals surface area contributed by atoms with Gasteiger partial charge in [0.15, 0.2) is 4.90 Å². The van der Waals surface area contributed by atoms with Crippen LogP contribution < -0.4 is 0 Å². The number of sulfonamides is 1. The molecule has 0 fully saturated rings. The van der Waals surface area contributed by atoms with Crippen LogP contribution in [0.3, 0.4) is 0 Å². The maximum Gasteiger partial charge on any atom is 0.290 e. The lowest BCUT2D eigenvalue weighted by atomic mass is 10.2. The van der Waals surface area contributed by atoms with Crippen molar-refractivity contribution in [2.75, 3.05) is 7.05 Å². The number of nitrogens with zero attached hydrogens (tertiary/aromatic N) is 2. The third-order valence-electron chi connectivity index (χ3n) is 3.21. The minimum Gasteiger partial charge on any atom is -0.258 e. The third-order valence-corrected chi connectivity index (χ3v) is 5.30. The second-order valence-corrected chi connectivity index (χ2v) is 7.32. The lowest BCUT2D eigenvalue weighted by Gasteiger charge is -2.17. The summed E-state index contributed by atoms with van der Waals surface area (Å²) in [6.45, 7) is -0.422. The van der Waals surface area contributed by atoms with E-state index in [0.717, 1.165) is 35.6 Å². The molecule has 2 aromatic carbocycles. The topological polar surface area (TPSA) is 80.5 Å². The molecule has 2 aromatic rings. The number of hydrogen-bond acceptors (Lipinski definition) is 4. The van der Waals surface area contributed by atoms with Crippen LogP contribution in [0.5, 0.6) is 0 Å². The first-order valence-electron chi connectivity index (χ1n) is 6.47. The number of nitro benzene ring substituents is 1. The fourth-order valence-electron chi connectivity index (χ4n) is 1.99. The SMILES string of the molecule is CN(Cc1ccc(F)cc1F)S(=O)(=O)c1ccc(Cl)cc1[N+](=O)[O-]. The maximum atomic E-state index is 13.7. The molecule has 2 rings (SSSR count). The molecular formula is C14H11ClF2N2O4S. The van der Waals surface area contributed by atoms with E-state index in [1.54, 1.807) is 0 Å². The Morgan fingerprint density at radius 2 is 1.88 bits per heavy atom. The fraction of sp³-hybridized carbons (Fsp3) is 0.143. The van der Waals surface area contributed by atoms with Gasteiger partial charge in [0, 0.05) is 36.3 Å². The van der Waals surface area contributed by atoms with Gasteiger partial charge in [0.25, 0.3) is 5.69 Å². The van der Waals surface area contributed by atoms with Gasteiger partial charge in [-0.25, -0.2) is 17.2 Å². The monoisotopic (exact) mass is 376 g/mol. The molecule has 0 aliphatic rings. The van der Waals surface area contributed by atoms with Crippen molar-refractivity contribution in [3.8, 4) is 0 Å². The number of nitro groups is 1. The molecule has 0 bridgehead atoms. The second-order valence-electron chi connectivity index (χ2n) is 4.87. The summed E-state index contributed by atoms with van der Waals surface area (Å²) in [6, 6.07) is 5.85. The molecule has 0 spiro atoms. The molecule has 0 unspecified atom stereocenters. The molecule has 10 heteroatoms. The van der Waals surface area contributed by atoms with E-state index in [2.05, 4.69) is 0 Å². The van der Waals surface area contributed by atoms with E-state index in [0.29, 0.717) is 6.07 Å². The van der Waals surface area contributed by atoms with Crippen molar-refractivity contribution in [1.82, 2.24) is 4.31 Å². The van der Waals surface area contributed by atoms with Crippen molar-refractivity contribution in [1.29, 1.82) is 0 Å². The third kappa shape index (κ3) is 3.69. The van der Waals surface area contributed by atoms with Gasteiger partial charge in [0.1, 0.15) is 11.6 Å². The summed E-state index contributed by atoms with van der Waals surface area (Å²) >= 11 is 5.66. The van der Waals surface area contributed by atoms with Crippen LogP contribution in [0.2, 0.25) is 5.02 Å². The van der Waals surface area contributed by atoms with E-state index in [1.165, 1.54) is 6.07 Å². The quantitative estimate of drug-likeness (QED) is 0.592. The van der Waals surface area contributed by atoms with Crippen LogP contribution in [0.4, 0.5) is 14.5 Å². The Bertz CT molecular complexity index is 906. The van der Waals surface area contributed by atoms with E-state index in [4.69, 9.17) is 11.6 Å². The first-order valence-corrected chi connectivity index (χ1v) is 8.29. The molecule has 0 N–H and O–H groups in total. The Morgan fingerprint density at radius 3 is 2.46 bits per heavy atom. The highest BCUT2D eigenvalue weighted by atomic mass is 35.5. The molecule has 0 aliphatic heterocycles. The van der Waals surface area contributed by atoms with Gasteiger partial charge in [-0.3, -0.25) is 10.1 Å². The summed E-state index contributed by atoms with van der Waals surface area (Å²) in [7, 11) is -3.15. The number of rotatable bonds is 5. The zero-order valence-electron chi connectivity index (χ0n) is 12.2. The van der Waals surface area contributed by atoms with E-state index >= 15 is 0 Å². The van der Waals surface area contributed by atoms with Gasteiger partial charge in [-0.15, -0.1) is 0 Å². The molecule has 0 saturated carbocycles. The molecule has 0 aromatic heterocycles. The standard InChI is InChI=1S/C14H11ClF2N2O4S/c1-18(8-9-2-4-11(16)7-12(9)17)24(22,23)14-5-3-10(15)6-13(14)19(20)21/h2-7H,8H2,1H3. The van der Waals surface area contributed by atoms with Crippen LogP contribution in [-0.2, 0) is 16.6 Å². The molecule has 128 valence electrons. The summed E-state index contributed by atoms with van der Waals surface area (Å²) < 4.78 is 52.4. The largest absolute Gasteiger partial charge is 0.290 e. The van der Waals surface area contributed by atoms with E-state index < -0.39 is 43.7 Å². The van der Waals surface area contributed by atoms with Crippen molar-refractivity contribution in [2.24, 2.45) is 0 Å². The first-order chi connectivity index (χ1) is 11.1. The van der Waals surface area contributed by atoms with Crippen molar-refractivity contribution < 1.29 is 22.1 Å². The molecule has 0 atom stereocenters. The van der Waals surface area contributed by atoms with E-state index in [9.17, 15) is 27.3 Å². The smallest absolute Gasteiger partial charge is 0.258 e. The summed E-state index contributed by atoms with van der Waals surface area (Å²) in [5.41, 5.74) is -0.756. The van der Waals surface area contributed by atoms with Crippen LogP contribution in [-0.4, -0.2) is 24.7 Å². The number of hydrogen-bond donors (Lipinski definition) is 0. The summed E-state index contributed by atoms with van der Waals surface area (Å²) in [5, 5.41) is 11.1. The van der Waals surface area contributed by atoms with Crippen LogP contribution in [0, 0.1) is 21.7 Å². The van der Waals surface area contributed by atoms with Crippen LogP contribution >= 0.6 is 11.6 Å². The van der Waals surface area contributed by atoms with Crippen LogP contribution in [0.1, 0.15) is 5.56 Å². The zero-order chi connectivity index (χ0) is 18.1. The average Bonchev–Trinajstić information content (AvgIpc) is 2.49. The van der Waals surface area contributed by atoms with Gasteiger partial charge < -0.3 is 0 Å². The van der Waals surface area contributed by atoms with Gasteiger partial charge in [0.2, 0.25) is 10.0 Å². The van der Waals surface area contributed by atoms with Gasteiger partial charge in [-0.2, -0.15) is 4.31 Å². The Kier molecular flexibility index (Phi) is 5.16. The molecule has 24 heavy (non-hydrogen) atoms. The van der Waals surface area contributed by atoms with E-state index in [1.807, 2.05) is 0 Å². The average molecular weight is 377 g/mol.